The largest absolute Gasteiger partial charge is 0.438 e. The Morgan fingerprint density at radius 1 is 0.857 bits per heavy atom. The number of rotatable bonds is 4. The summed E-state index contributed by atoms with van der Waals surface area (Å²) >= 11 is 0. The zero-order chi connectivity index (χ0) is 14.5. The van der Waals surface area contributed by atoms with Gasteiger partial charge in [-0.15, -0.1) is 0 Å². The first-order valence-electron chi connectivity index (χ1n) is 6.61. The van der Waals surface area contributed by atoms with Gasteiger partial charge in [0.1, 0.15) is 5.75 Å². The van der Waals surface area contributed by atoms with Gasteiger partial charge in [0.25, 0.3) is 0 Å². The van der Waals surface area contributed by atoms with E-state index in [0.717, 1.165) is 17.4 Å². The van der Waals surface area contributed by atoms with Crippen LogP contribution in [0.4, 0.5) is 0 Å². The van der Waals surface area contributed by atoms with Crippen LogP contribution < -0.4 is 4.74 Å². The highest BCUT2D eigenvalue weighted by atomic mass is 16.5. The van der Waals surface area contributed by atoms with Crippen molar-refractivity contribution in [2.24, 2.45) is 0 Å². The van der Waals surface area contributed by atoms with Crippen LogP contribution >= 0.6 is 0 Å². The van der Waals surface area contributed by atoms with Crippen LogP contribution in [0.5, 0.6) is 11.6 Å². The molecular weight excluding hydrogens is 262 g/mol. The average Bonchev–Trinajstić information content (AvgIpc) is 2.57. The Morgan fingerprint density at radius 2 is 1.62 bits per heavy atom. The first-order chi connectivity index (χ1) is 10.4. The highest BCUT2D eigenvalue weighted by molar-refractivity contribution is 5.78. The molecule has 0 atom stereocenters. The number of ether oxygens (including phenoxy) is 1. The maximum Gasteiger partial charge on any atom is 0.229 e. The molecule has 0 radical (unpaired) electrons. The van der Waals surface area contributed by atoms with Gasteiger partial charge in [0.2, 0.25) is 5.88 Å². The molecular formula is C18H13NO2. The summed E-state index contributed by atoms with van der Waals surface area (Å²) < 4.78 is 5.84. The van der Waals surface area contributed by atoms with Crippen LogP contribution in [0.1, 0.15) is 10.4 Å². The maximum atomic E-state index is 11.1. The summed E-state index contributed by atoms with van der Waals surface area (Å²) in [6.07, 6.45) is 2.35. The maximum absolute atomic E-state index is 11.1. The van der Waals surface area contributed by atoms with Crippen molar-refractivity contribution in [3.8, 4) is 22.8 Å². The molecule has 0 saturated heterocycles. The fraction of sp³-hybridized carbons (Fsp3) is 0. The lowest BCUT2D eigenvalue weighted by molar-refractivity contribution is 0.112. The summed E-state index contributed by atoms with van der Waals surface area (Å²) in [6, 6.07) is 21.0. The quantitative estimate of drug-likeness (QED) is 0.664. The van der Waals surface area contributed by atoms with Gasteiger partial charge in [-0.2, -0.15) is 0 Å². The van der Waals surface area contributed by atoms with Crippen molar-refractivity contribution in [2.45, 2.75) is 0 Å². The summed E-state index contributed by atoms with van der Waals surface area (Å²) in [7, 11) is 0. The van der Waals surface area contributed by atoms with Crippen molar-refractivity contribution in [2.75, 3.05) is 0 Å². The monoisotopic (exact) mass is 275 g/mol. The van der Waals surface area contributed by atoms with Crippen LogP contribution in [-0.4, -0.2) is 11.3 Å². The third-order valence-corrected chi connectivity index (χ3v) is 3.11. The third kappa shape index (κ3) is 2.82. The van der Waals surface area contributed by atoms with E-state index in [-0.39, 0.29) is 0 Å². The van der Waals surface area contributed by atoms with Gasteiger partial charge >= 0.3 is 0 Å². The minimum absolute atomic E-state index is 0.316. The molecule has 3 nitrogen and oxygen atoms in total. The zero-order valence-electron chi connectivity index (χ0n) is 11.3. The van der Waals surface area contributed by atoms with Gasteiger partial charge in [-0.1, -0.05) is 48.5 Å². The number of benzene rings is 2. The first-order valence-corrected chi connectivity index (χ1v) is 6.61. The molecule has 0 aliphatic heterocycles. The van der Waals surface area contributed by atoms with E-state index in [4.69, 9.17) is 4.74 Å². The van der Waals surface area contributed by atoms with Gasteiger partial charge in [-0.25, -0.2) is 4.98 Å². The zero-order valence-corrected chi connectivity index (χ0v) is 11.3. The van der Waals surface area contributed by atoms with Gasteiger partial charge in [-0.05, 0) is 23.8 Å². The molecule has 21 heavy (non-hydrogen) atoms. The molecule has 1 aromatic heterocycles. The minimum Gasteiger partial charge on any atom is -0.438 e. The van der Waals surface area contributed by atoms with Gasteiger partial charge < -0.3 is 4.74 Å². The van der Waals surface area contributed by atoms with Crippen LogP contribution in [0, 0.1) is 0 Å². The highest BCUT2D eigenvalue weighted by Crippen LogP contribution is 2.33. The molecule has 0 aliphatic carbocycles. The fourth-order valence-corrected chi connectivity index (χ4v) is 2.09. The Morgan fingerprint density at radius 3 is 2.43 bits per heavy atom. The standard InChI is InChI=1S/C18H13NO2/c20-13-15-9-6-12-19-18(15)21-17-11-5-4-10-16(17)14-7-2-1-3-8-14/h1-13H. The molecule has 3 aromatic rings. The van der Waals surface area contributed by atoms with Gasteiger partial charge in [0, 0.05) is 11.8 Å². The van der Waals surface area contributed by atoms with E-state index in [0.29, 0.717) is 17.2 Å². The Hall–Kier alpha value is -2.94. The van der Waals surface area contributed by atoms with E-state index < -0.39 is 0 Å². The summed E-state index contributed by atoms with van der Waals surface area (Å²) in [5, 5.41) is 0. The smallest absolute Gasteiger partial charge is 0.229 e. The second kappa shape index (κ2) is 6.01. The van der Waals surface area contributed by atoms with Gasteiger partial charge in [0.05, 0.1) is 5.56 Å². The Bertz CT molecular complexity index is 754. The highest BCUT2D eigenvalue weighted by Gasteiger charge is 2.09. The summed E-state index contributed by atoms with van der Waals surface area (Å²) in [6.45, 7) is 0. The molecule has 1 heterocycles. The second-order valence-corrected chi connectivity index (χ2v) is 4.48. The second-order valence-electron chi connectivity index (χ2n) is 4.48. The van der Waals surface area contributed by atoms with Crippen molar-refractivity contribution in [3.05, 3.63) is 78.5 Å². The molecule has 0 saturated carbocycles. The van der Waals surface area contributed by atoms with Crippen LogP contribution in [0.15, 0.2) is 72.9 Å². The van der Waals surface area contributed by atoms with E-state index in [9.17, 15) is 4.79 Å². The molecule has 3 rings (SSSR count). The van der Waals surface area contributed by atoms with E-state index in [1.807, 2.05) is 54.6 Å². The normalized spacial score (nSPS) is 10.1. The first kappa shape index (κ1) is 13.1. The molecule has 102 valence electrons. The molecule has 2 aromatic carbocycles. The molecule has 0 amide bonds. The van der Waals surface area contributed by atoms with E-state index in [2.05, 4.69) is 4.98 Å². The van der Waals surface area contributed by atoms with Crippen molar-refractivity contribution >= 4 is 6.29 Å². The number of hydrogen-bond acceptors (Lipinski definition) is 3. The summed E-state index contributed by atoms with van der Waals surface area (Å²) in [5.41, 5.74) is 2.44. The Kier molecular flexibility index (Phi) is 3.74. The number of nitrogens with zero attached hydrogens (tertiary/aromatic N) is 1. The van der Waals surface area contributed by atoms with Crippen LogP contribution in [-0.2, 0) is 0 Å². The van der Waals surface area contributed by atoms with Crippen molar-refractivity contribution in [3.63, 3.8) is 0 Å². The third-order valence-electron chi connectivity index (χ3n) is 3.11. The number of carbonyl (C=O) groups excluding carboxylic acids is 1. The number of pyridine rings is 1. The number of aromatic nitrogens is 1. The Balaban J connectivity index is 2.02. The fourth-order valence-electron chi connectivity index (χ4n) is 2.09. The summed E-state index contributed by atoms with van der Waals surface area (Å²) in [4.78, 5) is 15.2. The topological polar surface area (TPSA) is 39.2 Å². The molecule has 0 fully saturated rings. The molecule has 0 spiro atoms. The number of hydrogen-bond donors (Lipinski definition) is 0. The summed E-state index contributed by atoms with van der Waals surface area (Å²) in [5.74, 6) is 0.987. The molecule has 0 aliphatic rings. The lowest BCUT2D eigenvalue weighted by Crippen LogP contribution is -1.94. The Labute approximate surface area is 122 Å². The molecule has 0 bridgehead atoms. The number of para-hydroxylation sites is 1. The van der Waals surface area contributed by atoms with Gasteiger partial charge in [-0.3, -0.25) is 4.79 Å². The number of aldehydes is 1. The molecule has 0 unspecified atom stereocenters. The SMILES string of the molecule is O=Cc1cccnc1Oc1ccccc1-c1ccccc1. The van der Waals surface area contributed by atoms with Crippen LogP contribution in [0.3, 0.4) is 0 Å². The number of carbonyl (C=O) groups is 1. The lowest BCUT2D eigenvalue weighted by Gasteiger charge is -2.11. The van der Waals surface area contributed by atoms with Crippen molar-refractivity contribution in [1.29, 1.82) is 0 Å². The average molecular weight is 275 g/mol. The lowest BCUT2D eigenvalue weighted by atomic mass is 10.1. The van der Waals surface area contributed by atoms with E-state index >= 15 is 0 Å². The van der Waals surface area contributed by atoms with Crippen molar-refractivity contribution in [1.82, 2.24) is 4.98 Å². The van der Waals surface area contributed by atoms with E-state index in [1.165, 1.54) is 0 Å². The van der Waals surface area contributed by atoms with Gasteiger partial charge in [0.15, 0.2) is 6.29 Å². The van der Waals surface area contributed by atoms with Crippen LogP contribution in [0.25, 0.3) is 11.1 Å². The predicted octanol–water partition coefficient (Wildman–Crippen LogP) is 4.35. The molecule has 3 heteroatoms. The van der Waals surface area contributed by atoms with Crippen LogP contribution in [0.2, 0.25) is 0 Å². The molecule has 0 N–H and O–H groups in total. The van der Waals surface area contributed by atoms with E-state index in [1.54, 1.807) is 18.3 Å². The minimum atomic E-state index is 0.316. The van der Waals surface area contributed by atoms with Crippen molar-refractivity contribution < 1.29 is 9.53 Å². The predicted molar refractivity (Wildman–Crippen MR) is 81.6 cm³/mol.